The molecule has 0 fully saturated rings. The summed E-state index contributed by atoms with van der Waals surface area (Å²) >= 11 is 0. The Bertz CT molecular complexity index is 145. The summed E-state index contributed by atoms with van der Waals surface area (Å²) in [6.07, 6.45) is 2.99. The van der Waals surface area contributed by atoms with Gasteiger partial charge in [-0.25, -0.2) is 0 Å². The van der Waals surface area contributed by atoms with Crippen molar-refractivity contribution in [2.45, 2.75) is 40.0 Å². The Morgan fingerprint density at radius 1 is 1.29 bits per heavy atom. The summed E-state index contributed by atoms with van der Waals surface area (Å²) in [5.74, 6) is -0.164. The molecular formula is C11H22O3. The molecule has 0 aliphatic rings. The van der Waals surface area contributed by atoms with Gasteiger partial charge in [-0.3, -0.25) is 4.79 Å². The van der Waals surface area contributed by atoms with Crippen LogP contribution in [0.15, 0.2) is 0 Å². The van der Waals surface area contributed by atoms with Gasteiger partial charge in [0.15, 0.2) is 0 Å². The fourth-order valence-corrected chi connectivity index (χ4v) is 1.01. The van der Waals surface area contributed by atoms with Crippen LogP contribution in [0.1, 0.15) is 40.0 Å². The van der Waals surface area contributed by atoms with Crippen molar-refractivity contribution < 1.29 is 14.3 Å². The second-order valence-electron chi connectivity index (χ2n) is 3.41. The zero-order chi connectivity index (χ0) is 10.8. The van der Waals surface area contributed by atoms with Gasteiger partial charge >= 0.3 is 5.97 Å². The number of esters is 1. The Labute approximate surface area is 86.8 Å². The van der Waals surface area contributed by atoms with E-state index in [1.54, 1.807) is 0 Å². The summed E-state index contributed by atoms with van der Waals surface area (Å²) in [4.78, 5) is 11.2. The Morgan fingerprint density at radius 2 is 2.00 bits per heavy atom. The number of hydrogen-bond acceptors (Lipinski definition) is 3. The smallest absolute Gasteiger partial charge is 0.308 e. The third-order valence-electron chi connectivity index (χ3n) is 2.03. The van der Waals surface area contributed by atoms with Crippen LogP contribution in [0, 0.1) is 5.92 Å². The van der Waals surface area contributed by atoms with Gasteiger partial charge in [0.25, 0.3) is 0 Å². The molecule has 84 valence electrons. The molecule has 0 radical (unpaired) electrons. The van der Waals surface area contributed by atoms with E-state index in [-0.39, 0.29) is 11.9 Å². The molecule has 0 spiro atoms. The summed E-state index contributed by atoms with van der Waals surface area (Å²) in [6.45, 7) is 7.74. The standard InChI is InChI=1S/C11H22O3/c1-4-6-8-13-9-7-10(3)11(12)14-5-2/h10H,4-9H2,1-3H3/t10-/m0/s1. The molecular weight excluding hydrogens is 180 g/mol. The van der Waals surface area contributed by atoms with Crippen molar-refractivity contribution in [2.75, 3.05) is 19.8 Å². The highest BCUT2D eigenvalue weighted by molar-refractivity contribution is 5.71. The maximum Gasteiger partial charge on any atom is 0.308 e. The quantitative estimate of drug-likeness (QED) is 0.448. The van der Waals surface area contributed by atoms with E-state index in [2.05, 4.69) is 6.92 Å². The molecule has 0 rings (SSSR count). The molecule has 0 aromatic rings. The molecule has 3 nitrogen and oxygen atoms in total. The highest BCUT2D eigenvalue weighted by Crippen LogP contribution is 2.04. The molecule has 14 heavy (non-hydrogen) atoms. The number of hydrogen-bond donors (Lipinski definition) is 0. The first-order valence-corrected chi connectivity index (χ1v) is 5.46. The Kier molecular flexibility index (Phi) is 8.64. The number of rotatable bonds is 8. The summed E-state index contributed by atoms with van der Waals surface area (Å²) in [5, 5.41) is 0. The summed E-state index contributed by atoms with van der Waals surface area (Å²) in [6, 6.07) is 0. The fourth-order valence-electron chi connectivity index (χ4n) is 1.01. The molecule has 0 saturated heterocycles. The van der Waals surface area contributed by atoms with Gasteiger partial charge in [-0.2, -0.15) is 0 Å². The zero-order valence-electron chi connectivity index (χ0n) is 9.54. The molecule has 0 aromatic heterocycles. The second kappa shape index (κ2) is 9.00. The molecule has 3 heteroatoms. The average molecular weight is 202 g/mol. The maximum atomic E-state index is 11.2. The Hall–Kier alpha value is -0.570. The minimum absolute atomic E-state index is 0.0448. The normalized spacial score (nSPS) is 12.5. The molecule has 0 bridgehead atoms. The zero-order valence-corrected chi connectivity index (χ0v) is 9.54. The van der Waals surface area contributed by atoms with Crippen LogP contribution in [0.25, 0.3) is 0 Å². The second-order valence-corrected chi connectivity index (χ2v) is 3.41. The van der Waals surface area contributed by atoms with Crippen molar-refractivity contribution >= 4 is 5.97 Å². The van der Waals surface area contributed by atoms with Crippen LogP contribution in [-0.4, -0.2) is 25.8 Å². The molecule has 1 atom stereocenters. The predicted molar refractivity (Wildman–Crippen MR) is 56.1 cm³/mol. The third-order valence-corrected chi connectivity index (χ3v) is 2.03. The van der Waals surface area contributed by atoms with Crippen molar-refractivity contribution in [2.24, 2.45) is 5.92 Å². The lowest BCUT2D eigenvalue weighted by Crippen LogP contribution is -2.16. The van der Waals surface area contributed by atoms with Crippen molar-refractivity contribution in [1.82, 2.24) is 0 Å². The van der Waals surface area contributed by atoms with Gasteiger partial charge in [-0.05, 0) is 19.8 Å². The lowest BCUT2D eigenvalue weighted by Gasteiger charge is -2.10. The Morgan fingerprint density at radius 3 is 2.57 bits per heavy atom. The number of ether oxygens (including phenoxy) is 2. The molecule has 0 saturated carbocycles. The number of unbranched alkanes of at least 4 members (excludes halogenated alkanes) is 1. The van der Waals surface area contributed by atoms with E-state index in [1.807, 2.05) is 13.8 Å². The maximum absolute atomic E-state index is 11.2. The number of carbonyl (C=O) groups is 1. The SMILES string of the molecule is CCCCOCC[C@H](C)C(=O)OCC. The van der Waals surface area contributed by atoms with Crippen molar-refractivity contribution in [3.63, 3.8) is 0 Å². The van der Waals surface area contributed by atoms with E-state index in [9.17, 15) is 4.79 Å². The van der Waals surface area contributed by atoms with Crippen molar-refractivity contribution in [1.29, 1.82) is 0 Å². The minimum atomic E-state index is -0.119. The van der Waals surface area contributed by atoms with Gasteiger partial charge in [-0.1, -0.05) is 20.3 Å². The monoisotopic (exact) mass is 202 g/mol. The molecule has 0 aromatic carbocycles. The van der Waals surface area contributed by atoms with Crippen molar-refractivity contribution in [3.05, 3.63) is 0 Å². The van der Waals surface area contributed by atoms with E-state index < -0.39 is 0 Å². The topological polar surface area (TPSA) is 35.5 Å². The van der Waals surface area contributed by atoms with Gasteiger partial charge in [0, 0.05) is 13.2 Å². The first kappa shape index (κ1) is 13.4. The molecule has 0 aliphatic heterocycles. The minimum Gasteiger partial charge on any atom is -0.466 e. The van der Waals surface area contributed by atoms with Crippen LogP contribution >= 0.6 is 0 Å². The van der Waals surface area contributed by atoms with Crippen LogP contribution in [-0.2, 0) is 14.3 Å². The van der Waals surface area contributed by atoms with Gasteiger partial charge in [0.2, 0.25) is 0 Å². The fraction of sp³-hybridized carbons (Fsp3) is 0.909. The lowest BCUT2D eigenvalue weighted by molar-refractivity contribution is -0.148. The van der Waals surface area contributed by atoms with Gasteiger partial charge in [0.05, 0.1) is 12.5 Å². The predicted octanol–water partition coefficient (Wildman–Crippen LogP) is 2.39. The van der Waals surface area contributed by atoms with Crippen LogP contribution in [0.2, 0.25) is 0 Å². The van der Waals surface area contributed by atoms with Crippen LogP contribution in [0.5, 0.6) is 0 Å². The molecule has 0 amide bonds. The summed E-state index contributed by atoms with van der Waals surface area (Å²) in [5.41, 5.74) is 0. The molecule has 0 heterocycles. The first-order chi connectivity index (χ1) is 6.72. The summed E-state index contributed by atoms with van der Waals surface area (Å²) < 4.78 is 10.3. The van der Waals surface area contributed by atoms with Crippen LogP contribution in [0.3, 0.4) is 0 Å². The van der Waals surface area contributed by atoms with E-state index >= 15 is 0 Å². The van der Waals surface area contributed by atoms with E-state index in [0.717, 1.165) is 25.9 Å². The van der Waals surface area contributed by atoms with Crippen molar-refractivity contribution in [3.8, 4) is 0 Å². The molecule has 0 unspecified atom stereocenters. The van der Waals surface area contributed by atoms with E-state index in [0.29, 0.717) is 13.2 Å². The Balaban J connectivity index is 3.34. The van der Waals surface area contributed by atoms with Crippen LogP contribution < -0.4 is 0 Å². The van der Waals surface area contributed by atoms with Gasteiger partial charge < -0.3 is 9.47 Å². The largest absolute Gasteiger partial charge is 0.466 e. The molecule has 0 N–H and O–H groups in total. The van der Waals surface area contributed by atoms with E-state index in [1.165, 1.54) is 0 Å². The van der Waals surface area contributed by atoms with Gasteiger partial charge in [-0.15, -0.1) is 0 Å². The lowest BCUT2D eigenvalue weighted by atomic mass is 10.1. The highest BCUT2D eigenvalue weighted by atomic mass is 16.5. The average Bonchev–Trinajstić information content (AvgIpc) is 2.17. The highest BCUT2D eigenvalue weighted by Gasteiger charge is 2.12. The van der Waals surface area contributed by atoms with Gasteiger partial charge in [0.1, 0.15) is 0 Å². The van der Waals surface area contributed by atoms with E-state index in [4.69, 9.17) is 9.47 Å². The van der Waals surface area contributed by atoms with Crippen LogP contribution in [0.4, 0.5) is 0 Å². The molecule has 0 aliphatic carbocycles. The number of carbonyl (C=O) groups excluding carboxylic acids is 1. The summed E-state index contributed by atoms with van der Waals surface area (Å²) in [7, 11) is 0. The third kappa shape index (κ3) is 6.89. The first-order valence-electron chi connectivity index (χ1n) is 5.46.